The van der Waals surface area contributed by atoms with Crippen molar-refractivity contribution in [2.45, 2.75) is 0 Å². The largest absolute Gasteiger partial charge is 0.423 e. The standard InChI is InChI=1S/C25H18FO2P/c26-19-15-17-20(18-16-19)28-25(27)23-13-7-8-14-24(23)29(21-9-3-1-4-10-21)22-11-5-2-6-12-22/h1-18H. The maximum absolute atomic E-state index is 13.2. The first-order valence-electron chi connectivity index (χ1n) is 9.19. The van der Waals surface area contributed by atoms with Gasteiger partial charge in [0.25, 0.3) is 0 Å². The molecule has 0 saturated heterocycles. The van der Waals surface area contributed by atoms with E-state index in [2.05, 4.69) is 24.3 Å². The number of hydrogen-bond acceptors (Lipinski definition) is 2. The molecule has 142 valence electrons. The zero-order valence-corrected chi connectivity index (χ0v) is 16.4. The Morgan fingerprint density at radius 1 is 0.655 bits per heavy atom. The van der Waals surface area contributed by atoms with Crippen LogP contribution in [0.15, 0.2) is 109 Å². The maximum atomic E-state index is 13.2. The van der Waals surface area contributed by atoms with E-state index in [9.17, 15) is 9.18 Å². The highest BCUT2D eigenvalue weighted by Gasteiger charge is 2.23. The van der Waals surface area contributed by atoms with Gasteiger partial charge in [-0.2, -0.15) is 0 Å². The van der Waals surface area contributed by atoms with E-state index in [4.69, 9.17) is 4.74 Å². The monoisotopic (exact) mass is 400 g/mol. The van der Waals surface area contributed by atoms with Crippen molar-refractivity contribution in [3.8, 4) is 5.75 Å². The van der Waals surface area contributed by atoms with Gasteiger partial charge in [-0.1, -0.05) is 78.9 Å². The molecule has 4 rings (SSSR count). The summed E-state index contributed by atoms with van der Waals surface area (Å²) in [5.74, 6) is -0.511. The quantitative estimate of drug-likeness (QED) is 0.273. The van der Waals surface area contributed by atoms with Crippen LogP contribution in [0, 0.1) is 5.82 Å². The van der Waals surface area contributed by atoms with E-state index in [-0.39, 0.29) is 5.82 Å². The molecule has 4 heteroatoms. The lowest BCUT2D eigenvalue weighted by atomic mass is 10.2. The third-order valence-electron chi connectivity index (χ3n) is 4.42. The molecule has 4 aromatic carbocycles. The van der Waals surface area contributed by atoms with Gasteiger partial charge >= 0.3 is 5.97 Å². The minimum Gasteiger partial charge on any atom is -0.423 e. The van der Waals surface area contributed by atoms with Crippen molar-refractivity contribution in [1.29, 1.82) is 0 Å². The minimum absolute atomic E-state index is 0.315. The third kappa shape index (κ3) is 4.42. The second kappa shape index (κ2) is 8.81. The van der Waals surface area contributed by atoms with Gasteiger partial charge in [-0.05, 0) is 54.2 Å². The van der Waals surface area contributed by atoms with E-state index >= 15 is 0 Å². The topological polar surface area (TPSA) is 26.3 Å². The Morgan fingerprint density at radius 2 is 1.17 bits per heavy atom. The third-order valence-corrected chi connectivity index (χ3v) is 6.92. The normalized spacial score (nSPS) is 10.7. The van der Waals surface area contributed by atoms with Gasteiger partial charge < -0.3 is 4.74 Å². The second-order valence-corrected chi connectivity index (χ2v) is 8.55. The van der Waals surface area contributed by atoms with Crippen LogP contribution in [0.4, 0.5) is 4.39 Å². The second-order valence-electron chi connectivity index (χ2n) is 6.37. The van der Waals surface area contributed by atoms with Gasteiger partial charge in [0.15, 0.2) is 0 Å². The molecule has 0 aromatic heterocycles. The van der Waals surface area contributed by atoms with Gasteiger partial charge in [0, 0.05) is 0 Å². The molecule has 2 nitrogen and oxygen atoms in total. The summed E-state index contributed by atoms with van der Waals surface area (Å²) in [4.78, 5) is 13.0. The van der Waals surface area contributed by atoms with Crippen molar-refractivity contribution in [2.24, 2.45) is 0 Å². The SMILES string of the molecule is O=C(Oc1ccc(F)cc1)c1ccccc1P(c1ccccc1)c1ccccc1. The summed E-state index contributed by atoms with van der Waals surface area (Å²) in [6.07, 6.45) is 0. The van der Waals surface area contributed by atoms with Crippen LogP contribution in [0.1, 0.15) is 10.4 Å². The Labute approximate surface area is 170 Å². The summed E-state index contributed by atoms with van der Waals surface area (Å²) in [6.45, 7) is 0. The summed E-state index contributed by atoms with van der Waals surface area (Å²) in [7, 11) is -0.940. The zero-order chi connectivity index (χ0) is 20.1. The van der Waals surface area contributed by atoms with E-state index in [0.717, 1.165) is 15.9 Å². The molecule has 0 heterocycles. The van der Waals surface area contributed by atoms with Crippen molar-refractivity contribution >= 4 is 29.8 Å². The van der Waals surface area contributed by atoms with Gasteiger partial charge in [-0.15, -0.1) is 0 Å². The highest BCUT2D eigenvalue weighted by atomic mass is 31.1. The molecule has 0 atom stereocenters. The van der Waals surface area contributed by atoms with Gasteiger partial charge in [0.2, 0.25) is 0 Å². The molecular weight excluding hydrogens is 382 g/mol. The predicted octanol–water partition coefficient (Wildman–Crippen LogP) is 4.80. The van der Waals surface area contributed by atoms with E-state index in [0.29, 0.717) is 11.3 Å². The first-order valence-corrected chi connectivity index (χ1v) is 10.5. The van der Waals surface area contributed by atoms with Crippen LogP contribution in [0.25, 0.3) is 0 Å². The lowest BCUT2D eigenvalue weighted by Gasteiger charge is -2.21. The smallest absolute Gasteiger partial charge is 0.344 e. The Balaban J connectivity index is 1.76. The first kappa shape index (κ1) is 19.0. The molecule has 0 radical (unpaired) electrons. The Kier molecular flexibility index (Phi) is 5.79. The molecule has 0 spiro atoms. The number of benzene rings is 4. The van der Waals surface area contributed by atoms with E-state index in [1.807, 2.05) is 54.6 Å². The lowest BCUT2D eigenvalue weighted by molar-refractivity contribution is 0.0736. The van der Waals surface area contributed by atoms with Crippen LogP contribution in [0.5, 0.6) is 5.75 Å². The van der Waals surface area contributed by atoms with E-state index in [1.165, 1.54) is 24.3 Å². The average molecular weight is 400 g/mol. The van der Waals surface area contributed by atoms with Crippen LogP contribution in [-0.4, -0.2) is 5.97 Å². The summed E-state index contributed by atoms with van der Waals surface area (Å²) in [5.41, 5.74) is 0.510. The van der Waals surface area contributed by atoms with Crippen molar-refractivity contribution in [2.75, 3.05) is 0 Å². The van der Waals surface area contributed by atoms with E-state index < -0.39 is 13.9 Å². The van der Waals surface area contributed by atoms with Crippen molar-refractivity contribution in [1.82, 2.24) is 0 Å². The van der Waals surface area contributed by atoms with Gasteiger partial charge in [-0.25, -0.2) is 9.18 Å². The number of rotatable bonds is 5. The number of carbonyl (C=O) groups excluding carboxylic acids is 1. The van der Waals surface area contributed by atoms with Crippen LogP contribution >= 0.6 is 7.92 Å². The fourth-order valence-electron chi connectivity index (χ4n) is 3.09. The van der Waals surface area contributed by atoms with Gasteiger partial charge in [-0.3, -0.25) is 0 Å². The predicted molar refractivity (Wildman–Crippen MR) is 117 cm³/mol. The molecule has 0 unspecified atom stereocenters. The van der Waals surface area contributed by atoms with Crippen molar-refractivity contribution in [3.63, 3.8) is 0 Å². The number of halogens is 1. The summed E-state index contributed by atoms with van der Waals surface area (Å²) in [6, 6.07) is 33.3. The Bertz CT molecular complexity index is 1060. The average Bonchev–Trinajstić information content (AvgIpc) is 2.77. The lowest BCUT2D eigenvalue weighted by Crippen LogP contribution is -2.26. The number of esters is 1. The number of hydrogen-bond donors (Lipinski definition) is 0. The molecule has 0 aliphatic heterocycles. The molecule has 4 aromatic rings. The van der Waals surface area contributed by atoms with E-state index in [1.54, 1.807) is 6.07 Å². The molecule has 0 N–H and O–H groups in total. The number of carbonyl (C=O) groups is 1. The van der Waals surface area contributed by atoms with Crippen molar-refractivity contribution < 1.29 is 13.9 Å². The van der Waals surface area contributed by atoms with Gasteiger partial charge in [0.05, 0.1) is 5.56 Å². The molecular formula is C25H18FO2P. The molecule has 0 saturated carbocycles. The van der Waals surface area contributed by atoms with Crippen LogP contribution in [-0.2, 0) is 0 Å². The fourth-order valence-corrected chi connectivity index (χ4v) is 5.52. The summed E-state index contributed by atoms with van der Waals surface area (Å²) < 4.78 is 18.7. The maximum Gasteiger partial charge on any atom is 0.344 e. The van der Waals surface area contributed by atoms with Gasteiger partial charge in [0.1, 0.15) is 11.6 Å². The number of ether oxygens (including phenoxy) is 1. The Hall–Kier alpha value is -3.29. The fraction of sp³-hybridized carbons (Fsp3) is 0. The van der Waals surface area contributed by atoms with Crippen LogP contribution < -0.4 is 20.7 Å². The Morgan fingerprint density at radius 3 is 1.76 bits per heavy atom. The molecule has 0 aliphatic carbocycles. The molecule has 0 aliphatic rings. The highest BCUT2D eigenvalue weighted by molar-refractivity contribution is 7.80. The molecule has 0 fully saturated rings. The first-order chi connectivity index (χ1) is 14.2. The highest BCUT2D eigenvalue weighted by Crippen LogP contribution is 2.34. The minimum atomic E-state index is -0.940. The molecule has 29 heavy (non-hydrogen) atoms. The van der Waals surface area contributed by atoms with Crippen LogP contribution in [0.2, 0.25) is 0 Å². The molecule has 0 amide bonds. The zero-order valence-electron chi connectivity index (χ0n) is 15.5. The van der Waals surface area contributed by atoms with Crippen molar-refractivity contribution in [3.05, 3.63) is 121 Å². The summed E-state index contributed by atoms with van der Waals surface area (Å²) in [5, 5.41) is 3.22. The molecule has 0 bridgehead atoms. The van der Waals surface area contributed by atoms with Crippen LogP contribution in [0.3, 0.4) is 0 Å². The summed E-state index contributed by atoms with van der Waals surface area (Å²) >= 11 is 0.